The van der Waals surface area contributed by atoms with E-state index in [4.69, 9.17) is 0 Å². The SMILES string of the molecule is CCN(C(=O)c1cc([N+](=O)[O-])ccc1Br)C(C)(C)C(=O)O. The summed E-state index contributed by atoms with van der Waals surface area (Å²) >= 11 is 3.16. The van der Waals surface area contributed by atoms with Gasteiger partial charge in [-0.25, -0.2) is 4.79 Å². The fraction of sp³-hybridized carbons (Fsp3) is 0.385. The number of likely N-dealkylation sites (N-methyl/N-ethyl adjacent to an activating group) is 1. The van der Waals surface area contributed by atoms with Crippen LogP contribution < -0.4 is 0 Å². The summed E-state index contributed by atoms with van der Waals surface area (Å²) in [6, 6.07) is 3.79. The number of halogens is 1. The van der Waals surface area contributed by atoms with Crippen LogP contribution in [0.1, 0.15) is 31.1 Å². The van der Waals surface area contributed by atoms with Crippen LogP contribution in [0.5, 0.6) is 0 Å². The predicted molar refractivity (Wildman–Crippen MR) is 79.2 cm³/mol. The lowest BCUT2D eigenvalue weighted by atomic mass is 10.0. The molecule has 1 aromatic rings. The molecular formula is C13H15BrN2O5. The monoisotopic (exact) mass is 358 g/mol. The van der Waals surface area contributed by atoms with Crippen molar-refractivity contribution in [3.8, 4) is 0 Å². The zero-order valence-electron chi connectivity index (χ0n) is 11.8. The molecule has 0 spiro atoms. The van der Waals surface area contributed by atoms with E-state index in [0.717, 1.165) is 11.0 Å². The van der Waals surface area contributed by atoms with Crippen LogP contribution in [0.25, 0.3) is 0 Å². The van der Waals surface area contributed by atoms with Crippen molar-refractivity contribution in [1.29, 1.82) is 0 Å². The second kappa shape index (κ2) is 6.21. The molecule has 21 heavy (non-hydrogen) atoms. The van der Waals surface area contributed by atoms with E-state index in [1.165, 1.54) is 26.0 Å². The summed E-state index contributed by atoms with van der Waals surface area (Å²) < 4.78 is 0.373. The Labute approximate surface area is 129 Å². The standard InChI is InChI=1S/C13H15BrN2O5/c1-4-15(13(2,3)12(18)19)11(17)9-7-8(16(20)21)5-6-10(9)14/h5-7H,4H2,1-3H3,(H,18,19). The van der Waals surface area contributed by atoms with Gasteiger partial charge in [0.1, 0.15) is 5.54 Å². The van der Waals surface area contributed by atoms with E-state index < -0.39 is 22.3 Å². The van der Waals surface area contributed by atoms with Crippen LogP contribution in [0.2, 0.25) is 0 Å². The molecule has 1 N–H and O–H groups in total. The molecule has 8 heteroatoms. The van der Waals surface area contributed by atoms with Crippen LogP contribution in [0, 0.1) is 10.1 Å². The molecule has 0 fully saturated rings. The lowest BCUT2D eigenvalue weighted by Gasteiger charge is -2.34. The summed E-state index contributed by atoms with van der Waals surface area (Å²) in [6.45, 7) is 4.62. The van der Waals surface area contributed by atoms with Crippen molar-refractivity contribution in [3.63, 3.8) is 0 Å². The number of non-ortho nitro benzene ring substituents is 1. The second-order valence-corrected chi connectivity index (χ2v) is 5.69. The third-order valence-corrected chi connectivity index (χ3v) is 3.84. The van der Waals surface area contributed by atoms with Gasteiger partial charge in [0, 0.05) is 23.2 Å². The van der Waals surface area contributed by atoms with Crippen molar-refractivity contribution >= 4 is 33.5 Å². The minimum atomic E-state index is -1.42. The fourth-order valence-electron chi connectivity index (χ4n) is 1.84. The zero-order chi connectivity index (χ0) is 16.4. The molecule has 0 bridgehead atoms. The van der Waals surface area contributed by atoms with Gasteiger partial charge in [-0.3, -0.25) is 14.9 Å². The van der Waals surface area contributed by atoms with Gasteiger partial charge in [-0.05, 0) is 42.8 Å². The van der Waals surface area contributed by atoms with Gasteiger partial charge in [-0.15, -0.1) is 0 Å². The van der Waals surface area contributed by atoms with Crippen molar-refractivity contribution in [2.45, 2.75) is 26.3 Å². The van der Waals surface area contributed by atoms with E-state index in [2.05, 4.69) is 15.9 Å². The molecule has 0 aliphatic rings. The molecule has 114 valence electrons. The molecule has 1 amide bonds. The molecule has 0 unspecified atom stereocenters. The van der Waals surface area contributed by atoms with Crippen LogP contribution in [0.3, 0.4) is 0 Å². The number of amides is 1. The summed E-state index contributed by atoms with van der Waals surface area (Å²) in [6.07, 6.45) is 0. The van der Waals surface area contributed by atoms with Crippen LogP contribution in [-0.4, -0.2) is 38.9 Å². The Morgan fingerprint density at radius 1 is 1.43 bits per heavy atom. The number of rotatable bonds is 5. The Morgan fingerprint density at radius 2 is 2.00 bits per heavy atom. The summed E-state index contributed by atoms with van der Waals surface area (Å²) in [7, 11) is 0. The first-order chi connectivity index (χ1) is 9.62. The summed E-state index contributed by atoms with van der Waals surface area (Å²) in [5.74, 6) is -1.74. The number of nitrogens with zero attached hydrogens (tertiary/aromatic N) is 2. The van der Waals surface area contributed by atoms with Gasteiger partial charge in [0.25, 0.3) is 11.6 Å². The Hall–Kier alpha value is -1.96. The molecule has 0 heterocycles. The molecule has 0 saturated heterocycles. The number of carbonyl (C=O) groups excluding carboxylic acids is 1. The summed E-state index contributed by atoms with van der Waals surface area (Å²) in [5, 5.41) is 20.0. The number of aliphatic carboxylic acids is 1. The fourth-order valence-corrected chi connectivity index (χ4v) is 2.26. The van der Waals surface area contributed by atoms with Gasteiger partial charge in [0.05, 0.1) is 10.5 Å². The maximum absolute atomic E-state index is 12.5. The van der Waals surface area contributed by atoms with Crippen molar-refractivity contribution in [3.05, 3.63) is 38.3 Å². The Bertz CT molecular complexity index is 600. The molecule has 0 radical (unpaired) electrons. The van der Waals surface area contributed by atoms with Crippen LogP contribution in [-0.2, 0) is 4.79 Å². The largest absolute Gasteiger partial charge is 0.480 e. The van der Waals surface area contributed by atoms with E-state index in [9.17, 15) is 24.8 Å². The van der Waals surface area contributed by atoms with Crippen molar-refractivity contribution in [2.24, 2.45) is 0 Å². The topological polar surface area (TPSA) is 101 Å². The Kier molecular flexibility index (Phi) is 5.06. The highest BCUT2D eigenvalue weighted by Crippen LogP contribution is 2.26. The second-order valence-electron chi connectivity index (χ2n) is 4.83. The number of benzene rings is 1. The highest BCUT2D eigenvalue weighted by atomic mass is 79.9. The predicted octanol–water partition coefficient (Wildman–Crippen LogP) is 2.68. The lowest BCUT2D eigenvalue weighted by Crippen LogP contribution is -2.53. The Morgan fingerprint density at radius 3 is 2.43 bits per heavy atom. The molecule has 1 rings (SSSR count). The van der Waals surface area contributed by atoms with Gasteiger partial charge in [0.2, 0.25) is 0 Å². The minimum absolute atomic E-state index is 0.0559. The first-order valence-corrected chi connectivity index (χ1v) is 6.91. The number of hydrogen-bond donors (Lipinski definition) is 1. The number of hydrogen-bond acceptors (Lipinski definition) is 4. The molecule has 0 atom stereocenters. The molecule has 7 nitrogen and oxygen atoms in total. The minimum Gasteiger partial charge on any atom is -0.480 e. The first-order valence-electron chi connectivity index (χ1n) is 6.12. The van der Waals surface area contributed by atoms with Crippen LogP contribution >= 0.6 is 15.9 Å². The smallest absolute Gasteiger partial charge is 0.329 e. The molecule has 0 aromatic heterocycles. The third kappa shape index (κ3) is 3.38. The third-order valence-electron chi connectivity index (χ3n) is 3.15. The highest BCUT2D eigenvalue weighted by Gasteiger charge is 2.38. The molecule has 0 saturated carbocycles. The van der Waals surface area contributed by atoms with Crippen LogP contribution in [0.4, 0.5) is 5.69 Å². The highest BCUT2D eigenvalue weighted by molar-refractivity contribution is 9.10. The molecule has 0 aliphatic carbocycles. The molecule has 0 aliphatic heterocycles. The van der Waals surface area contributed by atoms with Gasteiger partial charge < -0.3 is 10.0 Å². The number of carboxylic acids is 1. The number of nitro groups is 1. The van der Waals surface area contributed by atoms with E-state index in [0.29, 0.717) is 4.47 Å². The molecule has 1 aromatic carbocycles. The normalized spacial score (nSPS) is 11.0. The zero-order valence-corrected chi connectivity index (χ0v) is 13.4. The maximum Gasteiger partial charge on any atom is 0.329 e. The van der Waals surface area contributed by atoms with E-state index in [1.807, 2.05) is 0 Å². The number of carbonyl (C=O) groups is 2. The number of carboxylic acid groups (broad SMARTS) is 1. The molecular weight excluding hydrogens is 344 g/mol. The maximum atomic E-state index is 12.5. The van der Waals surface area contributed by atoms with Gasteiger partial charge >= 0.3 is 5.97 Å². The summed E-state index contributed by atoms with van der Waals surface area (Å²) in [5.41, 5.74) is -1.60. The van der Waals surface area contributed by atoms with Crippen molar-refractivity contribution in [1.82, 2.24) is 4.90 Å². The van der Waals surface area contributed by atoms with Crippen molar-refractivity contribution < 1.29 is 19.6 Å². The van der Waals surface area contributed by atoms with E-state index in [-0.39, 0.29) is 17.8 Å². The van der Waals surface area contributed by atoms with Crippen molar-refractivity contribution in [2.75, 3.05) is 6.54 Å². The average Bonchev–Trinajstić information content (AvgIpc) is 2.38. The van der Waals surface area contributed by atoms with Gasteiger partial charge in [0.15, 0.2) is 0 Å². The quantitative estimate of drug-likeness (QED) is 0.643. The first kappa shape index (κ1) is 17.1. The lowest BCUT2D eigenvalue weighted by molar-refractivity contribution is -0.384. The average molecular weight is 359 g/mol. The summed E-state index contributed by atoms with van der Waals surface area (Å²) in [4.78, 5) is 35.2. The van der Waals surface area contributed by atoms with Gasteiger partial charge in [-0.1, -0.05) is 0 Å². The Balaban J connectivity index is 3.32. The van der Waals surface area contributed by atoms with Crippen LogP contribution in [0.15, 0.2) is 22.7 Å². The van der Waals surface area contributed by atoms with E-state index >= 15 is 0 Å². The number of nitro benzene ring substituents is 1. The van der Waals surface area contributed by atoms with E-state index in [1.54, 1.807) is 6.92 Å². The van der Waals surface area contributed by atoms with Gasteiger partial charge in [-0.2, -0.15) is 0 Å².